The molecule has 0 spiro atoms. The van der Waals surface area contributed by atoms with E-state index in [1.165, 1.54) is 12.8 Å². The van der Waals surface area contributed by atoms with Crippen LogP contribution in [0.3, 0.4) is 0 Å². The molecule has 0 aromatic carbocycles. The Morgan fingerprint density at radius 3 is 2.36 bits per heavy atom. The van der Waals surface area contributed by atoms with Gasteiger partial charge in [-0.15, -0.1) is 12.6 Å². The van der Waals surface area contributed by atoms with Crippen molar-refractivity contribution in [2.45, 2.75) is 19.3 Å². The van der Waals surface area contributed by atoms with E-state index in [9.17, 15) is 4.79 Å². The first kappa shape index (κ1) is 14.5. The van der Waals surface area contributed by atoms with Gasteiger partial charge in [-0.2, -0.15) is 0 Å². The van der Waals surface area contributed by atoms with Crippen LogP contribution in [0.15, 0.2) is 0 Å². The van der Waals surface area contributed by atoms with E-state index in [-0.39, 0.29) is 49.6 Å². The van der Waals surface area contributed by atoms with Gasteiger partial charge in [0.1, 0.15) is 5.94 Å². The van der Waals surface area contributed by atoms with Gasteiger partial charge in [-0.25, -0.2) is 0 Å². The van der Waals surface area contributed by atoms with Gasteiger partial charge in [0, 0.05) is 44.1 Å². The predicted octanol–water partition coefficient (Wildman–Crippen LogP) is 0.455. The van der Waals surface area contributed by atoms with E-state index in [4.69, 9.17) is 0 Å². The zero-order valence-corrected chi connectivity index (χ0v) is 8.06. The Morgan fingerprint density at radius 1 is 1.45 bits per heavy atom. The molecule has 11 heavy (non-hydrogen) atoms. The average Bonchev–Trinajstić information content (AvgIpc) is 2.50. The van der Waals surface area contributed by atoms with Crippen LogP contribution in [0.2, 0.25) is 0 Å². The first-order valence-electron chi connectivity index (χ1n) is 3.09. The van der Waals surface area contributed by atoms with Crippen LogP contribution in [0, 0.1) is 5.92 Å². The molecule has 54 valence electrons. The Bertz CT molecular complexity index is 117. The summed E-state index contributed by atoms with van der Waals surface area (Å²) >= 11 is 3.76. The summed E-state index contributed by atoms with van der Waals surface area (Å²) in [5, 5.41) is 0. The van der Waals surface area contributed by atoms with Gasteiger partial charge < -0.3 is 4.74 Å². The molecule has 0 heterocycles. The van der Waals surface area contributed by atoms with Crippen molar-refractivity contribution in [1.29, 1.82) is 0 Å². The second-order valence-electron chi connectivity index (χ2n) is 2.29. The third-order valence-electron chi connectivity index (χ3n) is 1.38. The SMILES string of the molecule is O=C(CC1CC1)OCS.[Li].[Li]. The van der Waals surface area contributed by atoms with Crippen LogP contribution >= 0.6 is 12.6 Å². The monoisotopic (exact) mass is 160 g/mol. The third-order valence-corrected chi connectivity index (χ3v) is 1.51. The Kier molecular flexibility index (Phi) is 10.1. The van der Waals surface area contributed by atoms with E-state index in [1.54, 1.807) is 0 Å². The molecule has 0 unspecified atom stereocenters. The van der Waals surface area contributed by atoms with Crippen molar-refractivity contribution in [2.24, 2.45) is 5.92 Å². The van der Waals surface area contributed by atoms with Crippen molar-refractivity contribution < 1.29 is 9.53 Å². The number of carbonyl (C=O) groups excluding carboxylic acids is 1. The molecule has 5 heteroatoms. The molecule has 1 aliphatic carbocycles. The van der Waals surface area contributed by atoms with Gasteiger partial charge in [-0.3, -0.25) is 4.79 Å². The maximum Gasteiger partial charge on any atom is 0.306 e. The molecular weight excluding hydrogens is 150 g/mol. The molecular formula is C6H10Li2O2S. The summed E-state index contributed by atoms with van der Waals surface area (Å²) in [5.74, 6) is 0.732. The molecule has 0 aromatic heterocycles. The van der Waals surface area contributed by atoms with Gasteiger partial charge >= 0.3 is 5.97 Å². The van der Waals surface area contributed by atoms with Crippen molar-refractivity contribution in [2.75, 3.05) is 5.94 Å². The van der Waals surface area contributed by atoms with Crippen LogP contribution in [0.5, 0.6) is 0 Å². The average molecular weight is 160 g/mol. The second-order valence-corrected chi connectivity index (χ2v) is 2.55. The molecule has 0 amide bonds. The molecule has 1 fully saturated rings. The number of esters is 1. The largest absolute Gasteiger partial charge is 0.455 e. The summed E-state index contributed by atoms with van der Waals surface area (Å²) in [6.07, 6.45) is 2.99. The fraction of sp³-hybridized carbons (Fsp3) is 0.833. The predicted molar refractivity (Wildman–Crippen MR) is 48.8 cm³/mol. The summed E-state index contributed by atoms with van der Waals surface area (Å²) in [4.78, 5) is 10.6. The summed E-state index contributed by atoms with van der Waals surface area (Å²) in [6.45, 7) is 0. The third kappa shape index (κ3) is 7.38. The van der Waals surface area contributed by atoms with Gasteiger partial charge in [0.15, 0.2) is 0 Å². The van der Waals surface area contributed by atoms with Crippen molar-refractivity contribution in [1.82, 2.24) is 0 Å². The van der Waals surface area contributed by atoms with Crippen LogP contribution in [-0.2, 0) is 9.53 Å². The van der Waals surface area contributed by atoms with Crippen molar-refractivity contribution in [3.8, 4) is 0 Å². The van der Waals surface area contributed by atoms with Gasteiger partial charge in [-0.05, 0) is 18.8 Å². The molecule has 0 bridgehead atoms. The Hall–Kier alpha value is 1.01. The number of thiol groups is 1. The van der Waals surface area contributed by atoms with E-state index in [0.29, 0.717) is 12.3 Å². The zero-order valence-electron chi connectivity index (χ0n) is 7.17. The Balaban J connectivity index is 0. The van der Waals surface area contributed by atoms with Crippen LogP contribution in [-0.4, -0.2) is 49.6 Å². The normalized spacial score (nSPS) is 14.3. The summed E-state index contributed by atoms with van der Waals surface area (Å²) in [7, 11) is 0. The molecule has 0 aliphatic heterocycles. The zero-order chi connectivity index (χ0) is 6.69. The molecule has 1 aliphatic rings. The minimum Gasteiger partial charge on any atom is -0.455 e. The van der Waals surface area contributed by atoms with Crippen LogP contribution in [0.4, 0.5) is 0 Å². The molecule has 1 rings (SSSR count). The first-order chi connectivity index (χ1) is 4.33. The first-order valence-corrected chi connectivity index (χ1v) is 3.72. The van der Waals surface area contributed by atoms with Crippen molar-refractivity contribution in [3.05, 3.63) is 0 Å². The van der Waals surface area contributed by atoms with Gasteiger partial charge in [0.2, 0.25) is 0 Å². The van der Waals surface area contributed by atoms with Gasteiger partial charge in [0.25, 0.3) is 0 Å². The molecule has 1 saturated carbocycles. The van der Waals surface area contributed by atoms with E-state index in [0.717, 1.165) is 0 Å². The summed E-state index contributed by atoms with van der Waals surface area (Å²) in [5.41, 5.74) is 0. The Labute approximate surface area is 96.6 Å². The van der Waals surface area contributed by atoms with E-state index < -0.39 is 0 Å². The maximum atomic E-state index is 10.6. The van der Waals surface area contributed by atoms with Crippen LogP contribution in [0.1, 0.15) is 19.3 Å². The number of rotatable bonds is 3. The van der Waals surface area contributed by atoms with Crippen LogP contribution in [0.25, 0.3) is 0 Å². The second kappa shape index (κ2) is 7.65. The summed E-state index contributed by atoms with van der Waals surface area (Å²) < 4.78 is 4.62. The standard InChI is InChI=1S/C6H10O2S.2Li/c7-6(8-4-9)3-5-1-2-5;;/h5,9H,1-4H2;;. The molecule has 2 nitrogen and oxygen atoms in total. The number of carbonyl (C=O) groups is 1. The molecule has 0 saturated heterocycles. The topological polar surface area (TPSA) is 26.3 Å². The number of hydrogen-bond acceptors (Lipinski definition) is 3. The molecule has 0 atom stereocenters. The minimum absolute atomic E-state index is 0. The van der Waals surface area contributed by atoms with Crippen LogP contribution < -0.4 is 0 Å². The molecule has 2 radical (unpaired) electrons. The smallest absolute Gasteiger partial charge is 0.306 e. The fourth-order valence-electron chi connectivity index (χ4n) is 0.689. The van der Waals surface area contributed by atoms with Gasteiger partial charge in [0.05, 0.1) is 0 Å². The van der Waals surface area contributed by atoms with E-state index in [2.05, 4.69) is 17.4 Å². The number of ether oxygens (including phenoxy) is 1. The van der Waals surface area contributed by atoms with Crippen molar-refractivity contribution >= 4 is 56.3 Å². The van der Waals surface area contributed by atoms with Gasteiger partial charge in [-0.1, -0.05) is 0 Å². The summed E-state index contributed by atoms with van der Waals surface area (Å²) in [6, 6.07) is 0. The quantitative estimate of drug-likeness (QED) is 0.281. The van der Waals surface area contributed by atoms with E-state index >= 15 is 0 Å². The van der Waals surface area contributed by atoms with Crippen molar-refractivity contribution in [3.63, 3.8) is 0 Å². The van der Waals surface area contributed by atoms with E-state index in [1.807, 2.05) is 0 Å². The molecule has 0 N–H and O–H groups in total. The Morgan fingerprint density at radius 2 is 2.00 bits per heavy atom. The maximum absolute atomic E-state index is 10.6. The fourth-order valence-corrected chi connectivity index (χ4v) is 0.833. The number of hydrogen-bond donors (Lipinski definition) is 1. The minimum atomic E-state index is -0.104. The molecule has 0 aromatic rings.